The highest BCUT2D eigenvalue weighted by Gasteiger charge is 2.22. The summed E-state index contributed by atoms with van der Waals surface area (Å²) in [5.41, 5.74) is 5.31. The minimum atomic E-state index is 0.279. The van der Waals surface area contributed by atoms with E-state index in [4.69, 9.17) is 11.6 Å². The van der Waals surface area contributed by atoms with E-state index < -0.39 is 0 Å². The SMILES string of the molecule is CNC(c1cc2c(s1)CCC2)c1cc(C)c(Cl)cc1C. The lowest BCUT2D eigenvalue weighted by Gasteiger charge is -2.19. The number of hydrogen-bond acceptors (Lipinski definition) is 2. The Kier molecular flexibility index (Phi) is 3.89. The highest BCUT2D eigenvalue weighted by atomic mass is 35.5. The van der Waals surface area contributed by atoms with Crippen LogP contribution in [0.2, 0.25) is 5.02 Å². The van der Waals surface area contributed by atoms with E-state index in [0.717, 1.165) is 10.6 Å². The Hall–Kier alpha value is -0.830. The van der Waals surface area contributed by atoms with Crippen molar-refractivity contribution >= 4 is 22.9 Å². The van der Waals surface area contributed by atoms with Gasteiger partial charge in [-0.05, 0) is 74.5 Å². The fourth-order valence-electron chi connectivity index (χ4n) is 3.06. The van der Waals surface area contributed by atoms with Gasteiger partial charge >= 0.3 is 0 Å². The topological polar surface area (TPSA) is 12.0 Å². The third kappa shape index (κ3) is 2.41. The first-order chi connectivity index (χ1) is 9.60. The fraction of sp³-hybridized carbons (Fsp3) is 0.412. The van der Waals surface area contributed by atoms with Crippen LogP contribution in [0.15, 0.2) is 18.2 Å². The Morgan fingerprint density at radius 2 is 1.95 bits per heavy atom. The molecule has 3 heteroatoms. The normalized spacial score (nSPS) is 15.4. The first-order valence-corrected chi connectivity index (χ1v) is 8.35. The van der Waals surface area contributed by atoms with Crippen LogP contribution in [0, 0.1) is 13.8 Å². The average molecular weight is 306 g/mol. The molecule has 1 atom stereocenters. The third-order valence-corrected chi connectivity index (χ3v) is 5.91. The average Bonchev–Trinajstić information content (AvgIpc) is 2.97. The molecule has 0 saturated carbocycles. The second-order valence-corrected chi connectivity index (χ2v) is 7.21. The zero-order valence-electron chi connectivity index (χ0n) is 12.2. The number of halogens is 1. The molecule has 1 nitrogen and oxygen atoms in total. The minimum Gasteiger partial charge on any atom is -0.309 e. The molecule has 0 radical (unpaired) electrons. The van der Waals surface area contributed by atoms with E-state index in [1.807, 2.05) is 18.4 Å². The van der Waals surface area contributed by atoms with Gasteiger partial charge in [0.25, 0.3) is 0 Å². The van der Waals surface area contributed by atoms with Crippen molar-refractivity contribution in [1.29, 1.82) is 0 Å². The smallest absolute Gasteiger partial charge is 0.0671 e. The predicted molar refractivity (Wildman–Crippen MR) is 88.2 cm³/mol. The van der Waals surface area contributed by atoms with Crippen molar-refractivity contribution in [3.8, 4) is 0 Å². The summed E-state index contributed by atoms with van der Waals surface area (Å²) < 4.78 is 0. The summed E-state index contributed by atoms with van der Waals surface area (Å²) in [4.78, 5) is 3.02. The minimum absolute atomic E-state index is 0.279. The number of nitrogens with one attached hydrogen (secondary N) is 1. The summed E-state index contributed by atoms with van der Waals surface area (Å²) >= 11 is 8.20. The van der Waals surface area contributed by atoms with Gasteiger partial charge in [-0.15, -0.1) is 11.3 Å². The molecule has 1 aliphatic rings. The van der Waals surface area contributed by atoms with E-state index in [2.05, 4.69) is 37.4 Å². The summed E-state index contributed by atoms with van der Waals surface area (Å²) in [5, 5.41) is 4.33. The maximum Gasteiger partial charge on any atom is 0.0671 e. The summed E-state index contributed by atoms with van der Waals surface area (Å²) in [6, 6.07) is 6.99. The van der Waals surface area contributed by atoms with E-state index in [0.29, 0.717) is 0 Å². The lowest BCUT2D eigenvalue weighted by Crippen LogP contribution is -2.17. The van der Waals surface area contributed by atoms with Crippen molar-refractivity contribution in [3.63, 3.8) is 0 Å². The molecule has 0 spiro atoms. The Morgan fingerprint density at radius 3 is 2.65 bits per heavy atom. The highest BCUT2D eigenvalue weighted by Crippen LogP contribution is 2.37. The van der Waals surface area contributed by atoms with Crippen LogP contribution in [0.4, 0.5) is 0 Å². The van der Waals surface area contributed by atoms with Crippen LogP contribution in [0.3, 0.4) is 0 Å². The Bertz CT molecular complexity index is 623. The van der Waals surface area contributed by atoms with Crippen LogP contribution < -0.4 is 5.32 Å². The van der Waals surface area contributed by atoms with Gasteiger partial charge in [0.05, 0.1) is 6.04 Å². The maximum absolute atomic E-state index is 6.22. The van der Waals surface area contributed by atoms with Gasteiger partial charge in [0.1, 0.15) is 0 Å². The first-order valence-electron chi connectivity index (χ1n) is 7.15. The molecule has 1 N–H and O–H groups in total. The van der Waals surface area contributed by atoms with Gasteiger partial charge in [-0.3, -0.25) is 0 Å². The zero-order chi connectivity index (χ0) is 14.3. The van der Waals surface area contributed by atoms with Gasteiger partial charge < -0.3 is 5.32 Å². The van der Waals surface area contributed by atoms with Gasteiger partial charge in [0.2, 0.25) is 0 Å². The molecule has 1 aliphatic carbocycles. The van der Waals surface area contributed by atoms with Crippen LogP contribution in [-0.4, -0.2) is 7.05 Å². The largest absolute Gasteiger partial charge is 0.309 e. The Morgan fingerprint density at radius 1 is 1.15 bits per heavy atom. The zero-order valence-corrected chi connectivity index (χ0v) is 13.8. The standard InChI is InChI=1S/C17H20ClNS/c1-10-8-14(18)11(2)7-13(10)17(19-3)16-9-12-5-4-6-15(12)20-16/h7-9,17,19H,4-6H2,1-3H3. The van der Waals surface area contributed by atoms with Crippen molar-refractivity contribution in [1.82, 2.24) is 5.32 Å². The van der Waals surface area contributed by atoms with Crippen molar-refractivity contribution in [2.24, 2.45) is 0 Å². The van der Waals surface area contributed by atoms with Crippen LogP contribution in [0.1, 0.15) is 44.5 Å². The second-order valence-electron chi connectivity index (χ2n) is 5.63. The molecule has 0 fully saturated rings. The molecule has 20 heavy (non-hydrogen) atoms. The van der Waals surface area contributed by atoms with E-state index in [1.165, 1.54) is 35.3 Å². The van der Waals surface area contributed by atoms with Crippen molar-refractivity contribution in [2.45, 2.75) is 39.2 Å². The Balaban J connectivity index is 2.03. The van der Waals surface area contributed by atoms with Gasteiger partial charge in [-0.1, -0.05) is 17.7 Å². The van der Waals surface area contributed by atoms with Crippen LogP contribution in [0.5, 0.6) is 0 Å². The number of benzene rings is 1. The number of hydrogen-bond donors (Lipinski definition) is 1. The molecule has 0 bridgehead atoms. The number of fused-ring (bicyclic) bond motifs is 1. The van der Waals surface area contributed by atoms with Gasteiger partial charge in [0, 0.05) is 14.8 Å². The van der Waals surface area contributed by atoms with Gasteiger partial charge in [0.15, 0.2) is 0 Å². The molecule has 1 aromatic heterocycles. The number of thiophene rings is 1. The monoisotopic (exact) mass is 305 g/mol. The fourth-order valence-corrected chi connectivity index (χ4v) is 4.66. The quantitative estimate of drug-likeness (QED) is 0.857. The van der Waals surface area contributed by atoms with Crippen molar-refractivity contribution in [2.75, 3.05) is 7.05 Å². The van der Waals surface area contributed by atoms with Crippen molar-refractivity contribution in [3.05, 3.63) is 55.2 Å². The molecular weight excluding hydrogens is 286 g/mol. The molecule has 1 aromatic carbocycles. The lowest BCUT2D eigenvalue weighted by atomic mass is 9.97. The molecule has 0 aliphatic heterocycles. The third-order valence-electron chi connectivity index (χ3n) is 4.20. The van der Waals surface area contributed by atoms with E-state index in [9.17, 15) is 0 Å². The molecule has 106 valence electrons. The van der Waals surface area contributed by atoms with Crippen molar-refractivity contribution < 1.29 is 0 Å². The predicted octanol–water partition coefficient (Wildman–Crippen LogP) is 4.82. The summed E-state index contributed by atoms with van der Waals surface area (Å²) in [6.45, 7) is 4.22. The summed E-state index contributed by atoms with van der Waals surface area (Å²) in [6.07, 6.45) is 3.83. The lowest BCUT2D eigenvalue weighted by molar-refractivity contribution is 0.698. The van der Waals surface area contributed by atoms with E-state index >= 15 is 0 Å². The van der Waals surface area contributed by atoms with Crippen LogP contribution in [0.25, 0.3) is 0 Å². The second kappa shape index (κ2) is 5.51. The molecule has 0 saturated heterocycles. The first kappa shape index (κ1) is 14.1. The molecule has 3 rings (SSSR count). The van der Waals surface area contributed by atoms with Crippen LogP contribution >= 0.6 is 22.9 Å². The highest BCUT2D eigenvalue weighted by molar-refractivity contribution is 7.12. The van der Waals surface area contributed by atoms with Gasteiger partial charge in [-0.25, -0.2) is 0 Å². The summed E-state index contributed by atoms with van der Waals surface area (Å²) in [5.74, 6) is 0. The van der Waals surface area contributed by atoms with Crippen LogP contribution in [-0.2, 0) is 12.8 Å². The van der Waals surface area contributed by atoms with Gasteiger partial charge in [-0.2, -0.15) is 0 Å². The molecule has 0 amide bonds. The molecule has 2 aromatic rings. The number of aryl methyl sites for hydroxylation is 4. The Labute approximate surface area is 130 Å². The molecule has 1 heterocycles. The van der Waals surface area contributed by atoms with E-state index in [-0.39, 0.29) is 6.04 Å². The van der Waals surface area contributed by atoms with E-state index in [1.54, 1.807) is 10.4 Å². The number of rotatable bonds is 3. The maximum atomic E-state index is 6.22. The molecular formula is C17H20ClNS. The summed E-state index contributed by atoms with van der Waals surface area (Å²) in [7, 11) is 2.04. The molecule has 1 unspecified atom stereocenters.